The van der Waals surface area contributed by atoms with Crippen LogP contribution in [0.3, 0.4) is 0 Å². The summed E-state index contributed by atoms with van der Waals surface area (Å²) in [5.41, 5.74) is 7.20. The Kier molecular flexibility index (Phi) is 5.22. The molecule has 0 bridgehead atoms. The Balaban J connectivity index is 1.76. The fraction of sp³-hybridized carbons (Fsp3) is 0.174. The summed E-state index contributed by atoms with van der Waals surface area (Å²) in [5, 5.41) is 1.68. The molecule has 2 N–H and O–H groups in total. The Hall–Kier alpha value is -3.32. The molecule has 152 valence electrons. The molecule has 7 heteroatoms. The average Bonchev–Trinajstić information content (AvgIpc) is 3.08. The lowest BCUT2D eigenvalue weighted by atomic mass is 10.2. The molecule has 4 aromatic rings. The van der Waals surface area contributed by atoms with Crippen molar-refractivity contribution >= 4 is 34.4 Å². The molecule has 4 rings (SSSR count). The van der Waals surface area contributed by atoms with Gasteiger partial charge in [0.1, 0.15) is 10.6 Å². The Morgan fingerprint density at radius 3 is 2.53 bits per heavy atom. The zero-order valence-electron chi connectivity index (χ0n) is 17.0. The first-order chi connectivity index (χ1) is 14.3. The SMILES string of the molecule is CC(C)(C)OC(=O)n1c(-c2nccc(Sc3ccc(N)cc3)n2)cc2ccccc21. The molecule has 2 aromatic heterocycles. The smallest absolute Gasteiger partial charge is 0.419 e. The third-order valence-corrected chi connectivity index (χ3v) is 5.19. The molecule has 0 fully saturated rings. The summed E-state index contributed by atoms with van der Waals surface area (Å²) in [6.45, 7) is 5.53. The van der Waals surface area contributed by atoms with Crippen LogP contribution in [-0.4, -0.2) is 26.2 Å². The number of nitrogens with zero attached hydrogens (tertiary/aromatic N) is 3. The molecule has 0 aliphatic carbocycles. The second-order valence-corrected chi connectivity index (χ2v) is 8.89. The lowest BCUT2D eigenvalue weighted by molar-refractivity contribution is 0.0547. The van der Waals surface area contributed by atoms with Crippen molar-refractivity contribution in [3.05, 3.63) is 66.9 Å². The van der Waals surface area contributed by atoms with Gasteiger partial charge in [-0.3, -0.25) is 0 Å². The number of nitrogens with two attached hydrogens (primary N) is 1. The zero-order chi connectivity index (χ0) is 21.3. The van der Waals surface area contributed by atoms with Gasteiger partial charge >= 0.3 is 6.09 Å². The predicted octanol–water partition coefficient (Wildman–Crippen LogP) is 5.61. The minimum absolute atomic E-state index is 0.456. The molecular weight excluding hydrogens is 396 g/mol. The Morgan fingerprint density at radius 2 is 1.80 bits per heavy atom. The lowest BCUT2D eigenvalue weighted by Gasteiger charge is -2.20. The van der Waals surface area contributed by atoms with Crippen LogP contribution in [0.5, 0.6) is 0 Å². The van der Waals surface area contributed by atoms with Crippen molar-refractivity contribution in [2.75, 3.05) is 5.73 Å². The molecule has 2 heterocycles. The summed E-state index contributed by atoms with van der Waals surface area (Å²) in [7, 11) is 0. The van der Waals surface area contributed by atoms with Gasteiger partial charge in [-0.1, -0.05) is 30.0 Å². The third kappa shape index (κ3) is 4.31. The minimum Gasteiger partial charge on any atom is -0.443 e. The number of carbonyl (C=O) groups is 1. The standard InChI is InChI=1S/C23H22N4O2S/c1-23(2,3)29-22(28)27-18-7-5-4-6-15(18)14-19(27)21-25-13-12-20(26-21)30-17-10-8-16(24)9-11-17/h4-14H,24H2,1-3H3. The summed E-state index contributed by atoms with van der Waals surface area (Å²) >= 11 is 1.50. The van der Waals surface area contributed by atoms with E-state index in [1.807, 2.05) is 81.4 Å². The fourth-order valence-electron chi connectivity index (χ4n) is 3.00. The van der Waals surface area contributed by atoms with E-state index in [1.54, 1.807) is 6.20 Å². The van der Waals surface area contributed by atoms with Crippen LogP contribution in [0.4, 0.5) is 10.5 Å². The molecule has 0 unspecified atom stereocenters. The number of anilines is 1. The van der Waals surface area contributed by atoms with Crippen LogP contribution in [0.25, 0.3) is 22.4 Å². The zero-order valence-corrected chi connectivity index (χ0v) is 17.8. The number of aromatic nitrogens is 3. The van der Waals surface area contributed by atoms with Crippen molar-refractivity contribution in [1.82, 2.24) is 14.5 Å². The van der Waals surface area contributed by atoms with E-state index in [4.69, 9.17) is 10.5 Å². The van der Waals surface area contributed by atoms with Crippen molar-refractivity contribution in [3.8, 4) is 11.5 Å². The first-order valence-corrected chi connectivity index (χ1v) is 10.3. The van der Waals surface area contributed by atoms with E-state index >= 15 is 0 Å². The molecule has 30 heavy (non-hydrogen) atoms. The van der Waals surface area contributed by atoms with Gasteiger partial charge in [0.25, 0.3) is 0 Å². The number of fused-ring (bicyclic) bond motifs is 1. The maximum atomic E-state index is 13.0. The van der Waals surface area contributed by atoms with E-state index in [2.05, 4.69) is 9.97 Å². The van der Waals surface area contributed by atoms with E-state index in [9.17, 15) is 4.79 Å². The highest BCUT2D eigenvalue weighted by molar-refractivity contribution is 7.99. The molecule has 0 aliphatic rings. The first kappa shape index (κ1) is 20.0. The Morgan fingerprint density at radius 1 is 1.07 bits per heavy atom. The van der Waals surface area contributed by atoms with Crippen molar-refractivity contribution in [2.45, 2.75) is 36.3 Å². The van der Waals surface area contributed by atoms with Gasteiger partial charge in [-0.15, -0.1) is 0 Å². The van der Waals surface area contributed by atoms with Crippen LogP contribution >= 0.6 is 11.8 Å². The fourth-order valence-corrected chi connectivity index (χ4v) is 3.78. The number of para-hydroxylation sites is 1. The second kappa shape index (κ2) is 7.84. The summed E-state index contributed by atoms with van der Waals surface area (Å²) in [6.07, 6.45) is 1.23. The predicted molar refractivity (Wildman–Crippen MR) is 120 cm³/mol. The number of hydrogen-bond donors (Lipinski definition) is 1. The van der Waals surface area contributed by atoms with Gasteiger partial charge < -0.3 is 10.5 Å². The normalized spacial score (nSPS) is 11.6. The van der Waals surface area contributed by atoms with Crippen LogP contribution < -0.4 is 5.73 Å². The van der Waals surface area contributed by atoms with Crippen LogP contribution in [-0.2, 0) is 4.74 Å². The van der Waals surface area contributed by atoms with E-state index in [0.29, 0.717) is 17.2 Å². The minimum atomic E-state index is -0.618. The highest BCUT2D eigenvalue weighted by atomic mass is 32.2. The maximum absolute atomic E-state index is 13.0. The maximum Gasteiger partial charge on any atom is 0.419 e. The van der Waals surface area contributed by atoms with Crippen LogP contribution in [0.2, 0.25) is 0 Å². The number of rotatable bonds is 3. The number of carbonyl (C=O) groups excluding carboxylic acids is 1. The molecule has 0 atom stereocenters. The third-order valence-electron chi connectivity index (χ3n) is 4.25. The van der Waals surface area contributed by atoms with Crippen LogP contribution in [0, 0.1) is 0 Å². The van der Waals surface area contributed by atoms with Crippen molar-refractivity contribution in [3.63, 3.8) is 0 Å². The summed E-state index contributed by atoms with van der Waals surface area (Å²) < 4.78 is 7.18. The summed E-state index contributed by atoms with van der Waals surface area (Å²) in [4.78, 5) is 23.1. The number of ether oxygens (including phenoxy) is 1. The number of benzene rings is 2. The number of hydrogen-bond acceptors (Lipinski definition) is 6. The number of nitrogen functional groups attached to an aromatic ring is 1. The molecule has 0 aliphatic heterocycles. The molecule has 0 saturated carbocycles. The van der Waals surface area contributed by atoms with E-state index < -0.39 is 11.7 Å². The van der Waals surface area contributed by atoms with Crippen molar-refractivity contribution in [2.24, 2.45) is 0 Å². The average molecular weight is 419 g/mol. The second-order valence-electron chi connectivity index (χ2n) is 7.79. The molecule has 0 spiro atoms. The highest BCUT2D eigenvalue weighted by Crippen LogP contribution is 2.31. The van der Waals surface area contributed by atoms with Gasteiger partial charge in [-0.25, -0.2) is 19.3 Å². The van der Waals surface area contributed by atoms with Gasteiger partial charge in [-0.2, -0.15) is 0 Å². The Bertz CT molecular complexity index is 1210. The quantitative estimate of drug-likeness (QED) is 0.344. The van der Waals surface area contributed by atoms with Crippen molar-refractivity contribution in [1.29, 1.82) is 0 Å². The van der Waals surface area contributed by atoms with Crippen LogP contribution in [0.15, 0.2) is 76.8 Å². The largest absolute Gasteiger partial charge is 0.443 e. The van der Waals surface area contributed by atoms with Gasteiger partial charge in [0.15, 0.2) is 5.82 Å². The molecule has 2 aromatic carbocycles. The highest BCUT2D eigenvalue weighted by Gasteiger charge is 2.23. The molecular formula is C23H22N4O2S. The Labute approximate surface area is 179 Å². The first-order valence-electron chi connectivity index (χ1n) is 9.51. The van der Waals surface area contributed by atoms with Gasteiger partial charge in [-0.05, 0) is 63.2 Å². The van der Waals surface area contributed by atoms with E-state index in [0.717, 1.165) is 20.8 Å². The lowest BCUT2D eigenvalue weighted by Crippen LogP contribution is -2.27. The van der Waals surface area contributed by atoms with Gasteiger partial charge in [0, 0.05) is 22.2 Å². The molecule has 0 amide bonds. The summed E-state index contributed by atoms with van der Waals surface area (Å²) in [5.74, 6) is 0.456. The molecule has 6 nitrogen and oxygen atoms in total. The summed E-state index contributed by atoms with van der Waals surface area (Å²) in [6, 6.07) is 19.0. The van der Waals surface area contributed by atoms with Gasteiger partial charge in [0.05, 0.1) is 11.2 Å². The van der Waals surface area contributed by atoms with E-state index in [1.165, 1.54) is 16.3 Å². The topological polar surface area (TPSA) is 83.0 Å². The van der Waals surface area contributed by atoms with Gasteiger partial charge in [0.2, 0.25) is 0 Å². The van der Waals surface area contributed by atoms with E-state index in [-0.39, 0.29) is 0 Å². The monoisotopic (exact) mass is 418 g/mol. The van der Waals surface area contributed by atoms with Crippen molar-refractivity contribution < 1.29 is 9.53 Å². The van der Waals surface area contributed by atoms with Crippen LogP contribution in [0.1, 0.15) is 20.8 Å². The molecule has 0 saturated heterocycles. The molecule has 0 radical (unpaired) electrons.